The van der Waals surface area contributed by atoms with Crippen LogP contribution in [0.25, 0.3) is 16.9 Å². The van der Waals surface area contributed by atoms with Gasteiger partial charge >= 0.3 is 0 Å². The fourth-order valence-electron chi connectivity index (χ4n) is 2.51. The fraction of sp³-hybridized carbons (Fsp3) is 0.222. The second-order valence-electron chi connectivity index (χ2n) is 5.32. The van der Waals surface area contributed by atoms with Gasteiger partial charge in [0.25, 0.3) is 0 Å². The van der Waals surface area contributed by atoms with Crippen LogP contribution in [0.5, 0.6) is 5.75 Å². The van der Waals surface area contributed by atoms with Gasteiger partial charge in [-0.1, -0.05) is 6.92 Å². The van der Waals surface area contributed by atoms with Crippen molar-refractivity contribution in [2.75, 3.05) is 12.4 Å². The molecule has 23 heavy (non-hydrogen) atoms. The molecule has 1 aromatic carbocycles. The Hall–Kier alpha value is -2.82. The second kappa shape index (κ2) is 6.12. The van der Waals surface area contributed by atoms with E-state index in [1.54, 1.807) is 7.11 Å². The number of hydrogen-bond donors (Lipinski definition) is 1. The molecule has 0 saturated carbocycles. The van der Waals surface area contributed by atoms with Gasteiger partial charge in [0, 0.05) is 23.9 Å². The fourth-order valence-corrected chi connectivity index (χ4v) is 2.51. The zero-order valence-electron chi connectivity index (χ0n) is 13.5. The molecule has 5 heteroatoms. The maximum absolute atomic E-state index is 11.5. The molecule has 0 fully saturated rings. The number of nitrogens with one attached hydrogen (secondary N) is 1. The molecular formula is C18H19N3O2. The number of benzene rings is 1. The number of aromatic nitrogens is 2. The maximum Gasteiger partial charge on any atom is 0.224 e. The highest BCUT2D eigenvalue weighted by Gasteiger charge is 2.11. The number of carbonyl (C=O) groups excluding carboxylic acids is 1. The number of aryl methyl sites for hydroxylation is 1. The highest BCUT2D eigenvalue weighted by molar-refractivity contribution is 5.90. The number of ether oxygens (including phenoxy) is 1. The molecule has 0 saturated heterocycles. The first-order valence-corrected chi connectivity index (χ1v) is 7.55. The molecule has 0 radical (unpaired) electrons. The monoisotopic (exact) mass is 309 g/mol. The van der Waals surface area contributed by atoms with Crippen molar-refractivity contribution in [2.24, 2.45) is 0 Å². The lowest BCUT2D eigenvalue weighted by atomic mass is 10.1. The van der Waals surface area contributed by atoms with Crippen molar-refractivity contribution >= 4 is 17.2 Å². The van der Waals surface area contributed by atoms with E-state index < -0.39 is 0 Å². The SMILES string of the molecule is CCC(=O)Nc1ccc2nc(-c3ccc(OC)cc3)c(C)n2c1. The summed E-state index contributed by atoms with van der Waals surface area (Å²) in [6, 6.07) is 11.6. The Balaban J connectivity index is 2.02. The van der Waals surface area contributed by atoms with E-state index in [4.69, 9.17) is 4.74 Å². The number of carbonyl (C=O) groups is 1. The van der Waals surface area contributed by atoms with E-state index in [1.807, 2.05) is 60.8 Å². The first-order chi connectivity index (χ1) is 11.1. The molecule has 0 spiro atoms. The summed E-state index contributed by atoms with van der Waals surface area (Å²) in [6.45, 7) is 3.85. The van der Waals surface area contributed by atoms with E-state index in [0.29, 0.717) is 6.42 Å². The van der Waals surface area contributed by atoms with Gasteiger partial charge in [0.2, 0.25) is 5.91 Å². The number of hydrogen-bond acceptors (Lipinski definition) is 3. The summed E-state index contributed by atoms with van der Waals surface area (Å²) in [4.78, 5) is 16.2. The van der Waals surface area contributed by atoms with Gasteiger partial charge in [0.05, 0.1) is 18.5 Å². The Labute approximate surface area is 134 Å². The van der Waals surface area contributed by atoms with Crippen LogP contribution in [-0.4, -0.2) is 22.4 Å². The number of anilines is 1. The number of methoxy groups -OCH3 is 1. The molecular weight excluding hydrogens is 290 g/mol. The van der Waals surface area contributed by atoms with Crippen LogP contribution >= 0.6 is 0 Å². The summed E-state index contributed by atoms with van der Waals surface area (Å²) in [6.07, 6.45) is 2.36. The van der Waals surface area contributed by atoms with Crippen LogP contribution in [-0.2, 0) is 4.79 Å². The third kappa shape index (κ3) is 2.90. The smallest absolute Gasteiger partial charge is 0.224 e. The number of rotatable bonds is 4. The van der Waals surface area contributed by atoms with Gasteiger partial charge in [-0.2, -0.15) is 0 Å². The standard InChI is InChI=1S/C18H19N3O2/c1-4-17(22)19-14-7-10-16-20-18(12(2)21(16)11-14)13-5-8-15(23-3)9-6-13/h5-11H,4H2,1-3H3,(H,19,22). The Bertz CT molecular complexity index is 851. The van der Waals surface area contributed by atoms with Crippen LogP contribution in [0.1, 0.15) is 19.0 Å². The maximum atomic E-state index is 11.5. The van der Waals surface area contributed by atoms with Crippen molar-refractivity contribution < 1.29 is 9.53 Å². The zero-order chi connectivity index (χ0) is 16.4. The van der Waals surface area contributed by atoms with Gasteiger partial charge in [-0.05, 0) is 43.3 Å². The summed E-state index contributed by atoms with van der Waals surface area (Å²) < 4.78 is 7.18. The number of fused-ring (bicyclic) bond motifs is 1. The van der Waals surface area contributed by atoms with Crippen molar-refractivity contribution in [3.8, 4) is 17.0 Å². The minimum absolute atomic E-state index is 0.00232. The predicted octanol–water partition coefficient (Wildman–Crippen LogP) is 3.67. The van der Waals surface area contributed by atoms with E-state index in [0.717, 1.165) is 34.0 Å². The Morgan fingerprint density at radius 2 is 1.96 bits per heavy atom. The zero-order valence-corrected chi connectivity index (χ0v) is 13.5. The molecule has 0 unspecified atom stereocenters. The minimum Gasteiger partial charge on any atom is -0.497 e. The van der Waals surface area contributed by atoms with E-state index in [9.17, 15) is 4.79 Å². The summed E-state index contributed by atoms with van der Waals surface area (Å²) in [7, 11) is 1.65. The largest absolute Gasteiger partial charge is 0.497 e. The quantitative estimate of drug-likeness (QED) is 0.800. The van der Waals surface area contributed by atoms with E-state index in [1.165, 1.54) is 0 Å². The van der Waals surface area contributed by atoms with Gasteiger partial charge in [0.1, 0.15) is 11.4 Å². The summed E-state index contributed by atoms with van der Waals surface area (Å²) in [5.74, 6) is 0.817. The van der Waals surface area contributed by atoms with Crippen LogP contribution in [0.3, 0.4) is 0 Å². The summed E-state index contributed by atoms with van der Waals surface area (Å²) in [5, 5.41) is 2.87. The predicted molar refractivity (Wildman–Crippen MR) is 90.8 cm³/mol. The van der Waals surface area contributed by atoms with E-state index in [-0.39, 0.29) is 5.91 Å². The highest BCUT2D eigenvalue weighted by Crippen LogP contribution is 2.26. The lowest BCUT2D eigenvalue weighted by Crippen LogP contribution is -2.09. The van der Waals surface area contributed by atoms with Crippen molar-refractivity contribution in [3.05, 3.63) is 48.3 Å². The van der Waals surface area contributed by atoms with E-state index in [2.05, 4.69) is 10.3 Å². The highest BCUT2D eigenvalue weighted by atomic mass is 16.5. The van der Waals surface area contributed by atoms with Crippen LogP contribution in [0.4, 0.5) is 5.69 Å². The van der Waals surface area contributed by atoms with E-state index >= 15 is 0 Å². The van der Waals surface area contributed by atoms with Crippen molar-refractivity contribution in [1.82, 2.24) is 9.38 Å². The van der Waals surface area contributed by atoms with Gasteiger partial charge in [-0.15, -0.1) is 0 Å². The number of imidazole rings is 1. The lowest BCUT2D eigenvalue weighted by Gasteiger charge is -2.05. The molecule has 1 amide bonds. The van der Waals surface area contributed by atoms with Crippen LogP contribution in [0.15, 0.2) is 42.6 Å². The van der Waals surface area contributed by atoms with Crippen LogP contribution in [0.2, 0.25) is 0 Å². The van der Waals surface area contributed by atoms with Gasteiger partial charge in [-0.25, -0.2) is 4.98 Å². The topological polar surface area (TPSA) is 55.6 Å². The number of amides is 1. The molecule has 2 heterocycles. The summed E-state index contributed by atoms with van der Waals surface area (Å²) >= 11 is 0. The average Bonchev–Trinajstić information content (AvgIpc) is 2.91. The molecule has 3 rings (SSSR count). The molecule has 0 aliphatic rings. The first kappa shape index (κ1) is 15.1. The molecule has 0 aliphatic carbocycles. The van der Waals surface area contributed by atoms with Crippen molar-refractivity contribution in [2.45, 2.75) is 20.3 Å². The molecule has 2 aromatic heterocycles. The summed E-state index contributed by atoms with van der Waals surface area (Å²) in [5.41, 5.74) is 4.60. The van der Waals surface area contributed by atoms with Crippen molar-refractivity contribution in [3.63, 3.8) is 0 Å². The van der Waals surface area contributed by atoms with Gasteiger partial charge < -0.3 is 14.5 Å². The lowest BCUT2D eigenvalue weighted by molar-refractivity contribution is -0.115. The minimum atomic E-state index is -0.00232. The normalized spacial score (nSPS) is 10.7. The molecule has 5 nitrogen and oxygen atoms in total. The van der Waals surface area contributed by atoms with Gasteiger partial charge in [0.15, 0.2) is 0 Å². The van der Waals surface area contributed by atoms with Gasteiger partial charge in [-0.3, -0.25) is 4.79 Å². The van der Waals surface area contributed by atoms with Crippen molar-refractivity contribution in [1.29, 1.82) is 0 Å². The third-order valence-corrected chi connectivity index (χ3v) is 3.83. The van der Waals surface area contributed by atoms with Crippen LogP contribution in [0, 0.1) is 6.92 Å². The molecule has 0 aliphatic heterocycles. The molecule has 118 valence electrons. The average molecular weight is 309 g/mol. The Kier molecular flexibility index (Phi) is 4.02. The molecule has 0 atom stereocenters. The molecule has 3 aromatic rings. The second-order valence-corrected chi connectivity index (χ2v) is 5.32. The van der Waals surface area contributed by atoms with Crippen LogP contribution < -0.4 is 10.1 Å². The third-order valence-electron chi connectivity index (χ3n) is 3.83. The molecule has 1 N–H and O–H groups in total. The molecule has 0 bridgehead atoms. The Morgan fingerprint density at radius 3 is 2.61 bits per heavy atom. The Morgan fingerprint density at radius 1 is 1.22 bits per heavy atom. The first-order valence-electron chi connectivity index (χ1n) is 7.55. The number of nitrogens with zero attached hydrogens (tertiary/aromatic N) is 2. The number of pyridine rings is 1.